The fraction of sp³-hybridized carbons (Fsp3) is 0.333. The van der Waals surface area contributed by atoms with Gasteiger partial charge < -0.3 is 9.47 Å². The van der Waals surface area contributed by atoms with Gasteiger partial charge in [-0.2, -0.15) is 0 Å². The minimum Gasteiger partial charge on any atom is -0.462 e. The molecule has 2 aromatic rings. The highest BCUT2D eigenvalue weighted by Gasteiger charge is 2.31. The maximum absolute atomic E-state index is 12.6. The molecule has 2 aromatic carbocycles. The summed E-state index contributed by atoms with van der Waals surface area (Å²) in [5.41, 5.74) is 5.23. The van der Waals surface area contributed by atoms with Crippen molar-refractivity contribution in [2.45, 2.75) is 46.0 Å². The zero-order valence-electron chi connectivity index (χ0n) is 18.7. The molecule has 4 heteroatoms. The topological polar surface area (TPSA) is 52.6 Å². The van der Waals surface area contributed by atoms with E-state index in [1.165, 1.54) is 0 Å². The summed E-state index contributed by atoms with van der Waals surface area (Å²) in [6.07, 6.45) is 7.61. The molecule has 0 radical (unpaired) electrons. The van der Waals surface area contributed by atoms with E-state index in [2.05, 4.69) is 32.0 Å². The van der Waals surface area contributed by atoms with E-state index < -0.39 is 0 Å². The second kappa shape index (κ2) is 9.78. The van der Waals surface area contributed by atoms with Crippen LogP contribution in [-0.4, -0.2) is 25.2 Å². The predicted molar refractivity (Wildman–Crippen MR) is 125 cm³/mol. The monoisotopic (exact) mass is 418 g/mol. The number of allylic oxidation sites excluding steroid dienone is 1. The average molecular weight is 419 g/mol. The number of fused-ring (bicyclic) bond motifs is 1. The molecule has 3 rings (SSSR count). The lowest BCUT2D eigenvalue weighted by Gasteiger charge is -2.31. The van der Waals surface area contributed by atoms with Crippen molar-refractivity contribution in [1.29, 1.82) is 0 Å². The van der Waals surface area contributed by atoms with Gasteiger partial charge in [-0.3, -0.25) is 0 Å². The van der Waals surface area contributed by atoms with Gasteiger partial charge in [0, 0.05) is 0 Å². The van der Waals surface area contributed by atoms with Crippen LogP contribution in [0.4, 0.5) is 0 Å². The molecule has 0 spiro atoms. The first-order valence-corrected chi connectivity index (χ1v) is 10.8. The Bertz CT molecular complexity index is 1010. The first-order chi connectivity index (χ1) is 14.9. The SMILES string of the molecule is CCCOC(=O)C1=CCC(C)(C)c2ccc(/C=C/c3ccc(C(=O)OCC)cc3)cc21. The molecule has 0 N–H and O–H groups in total. The molecule has 0 saturated carbocycles. The number of rotatable bonds is 7. The Morgan fingerprint density at radius 3 is 2.29 bits per heavy atom. The van der Waals surface area contributed by atoms with Gasteiger partial charge in [-0.1, -0.05) is 63.3 Å². The van der Waals surface area contributed by atoms with Crippen molar-refractivity contribution in [3.63, 3.8) is 0 Å². The Morgan fingerprint density at radius 2 is 1.61 bits per heavy atom. The van der Waals surface area contributed by atoms with Crippen LogP contribution in [0.25, 0.3) is 17.7 Å². The molecular formula is C27H30O4. The van der Waals surface area contributed by atoms with Gasteiger partial charge >= 0.3 is 11.9 Å². The predicted octanol–water partition coefficient (Wildman–Crippen LogP) is 6.05. The third-order valence-corrected chi connectivity index (χ3v) is 5.43. The highest BCUT2D eigenvalue weighted by molar-refractivity contribution is 6.17. The number of carbonyl (C=O) groups excluding carboxylic acids is 2. The summed E-state index contributed by atoms with van der Waals surface area (Å²) in [4.78, 5) is 24.4. The van der Waals surface area contributed by atoms with Crippen molar-refractivity contribution >= 4 is 29.7 Å². The zero-order chi connectivity index (χ0) is 22.4. The van der Waals surface area contributed by atoms with E-state index in [0.717, 1.165) is 35.1 Å². The second-order valence-electron chi connectivity index (χ2n) is 8.32. The summed E-state index contributed by atoms with van der Waals surface area (Å²) in [7, 11) is 0. The fourth-order valence-corrected chi connectivity index (χ4v) is 3.66. The molecule has 0 aromatic heterocycles. The lowest BCUT2D eigenvalue weighted by molar-refractivity contribution is -0.136. The van der Waals surface area contributed by atoms with Crippen molar-refractivity contribution in [1.82, 2.24) is 0 Å². The molecule has 0 amide bonds. The van der Waals surface area contributed by atoms with Crippen molar-refractivity contribution < 1.29 is 19.1 Å². The minimum absolute atomic E-state index is 0.0327. The number of carbonyl (C=O) groups is 2. The number of hydrogen-bond donors (Lipinski definition) is 0. The molecule has 0 aliphatic heterocycles. The summed E-state index contributed by atoms with van der Waals surface area (Å²) in [5.74, 6) is -0.570. The Hall–Kier alpha value is -3.14. The highest BCUT2D eigenvalue weighted by Crippen LogP contribution is 2.39. The van der Waals surface area contributed by atoms with E-state index >= 15 is 0 Å². The minimum atomic E-state index is -0.315. The molecule has 0 unspecified atom stereocenters. The third-order valence-electron chi connectivity index (χ3n) is 5.43. The molecule has 0 fully saturated rings. The highest BCUT2D eigenvalue weighted by atomic mass is 16.5. The van der Waals surface area contributed by atoms with Gasteiger partial charge in [0.2, 0.25) is 0 Å². The summed E-state index contributed by atoms with van der Waals surface area (Å²) < 4.78 is 10.4. The maximum atomic E-state index is 12.6. The van der Waals surface area contributed by atoms with Crippen LogP contribution in [0.2, 0.25) is 0 Å². The molecule has 31 heavy (non-hydrogen) atoms. The lowest BCUT2D eigenvalue weighted by Crippen LogP contribution is -2.24. The third kappa shape index (κ3) is 5.32. The van der Waals surface area contributed by atoms with Crippen LogP contribution in [0.15, 0.2) is 48.5 Å². The molecule has 162 valence electrons. The maximum Gasteiger partial charge on any atom is 0.338 e. The van der Waals surface area contributed by atoms with E-state index in [0.29, 0.717) is 24.4 Å². The van der Waals surface area contributed by atoms with Crippen molar-refractivity contribution in [2.24, 2.45) is 0 Å². The largest absolute Gasteiger partial charge is 0.462 e. The molecular weight excluding hydrogens is 388 g/mol. The summed E-state index contributed by atoms with van der Waals surface area (Å²) >= 11 is 0. The van der Waals surface area contributed by atoms with Crippen LogP contribution < -0.4 is 0 Å². The Labute approximate surface area is 184 Å². The van der Waals surface area contributed by atoms with Crippen LogP contribution in [-0.2, 0) is 19.7 Å². The molecule has 0 saturated heterocycles. The number of benzene rings is 2. The first-order valence-electron chi connectivity index (χ1n) is 10.8. The normalized spacial score (nSPS) is 14.6. The van der Waals surface area contributed by atoms with E-state index in [4.69, 9.17) is 9.47 Å². The van der Waals surface area contributed by atoms with Gasteiger partial charge in [0.25, 0.3) is 0 Å². The van der Waals surface area contributed by atoms with Gasteiger partial charge in [-0.15, -0.1) is 0 Å². The van der Waals surface area contributed by atoms with Gasteiger partial charge in [-0.25, -0.2) is 9.59 Å². The molecule has 0 heterocycles. The Kier molecular flexibility index (Phi) is 7.11. The first kappa shape index (κ1) is 22.5. The summed E-state index contributed by atoms with van der Waals surface area (Å²) in [6.45, 7) is 8.95. The van der Waals surface area contributed by atoms with Gasteiger partial charge in [0.05, 0.1) is 24.4 Å². The van der Waals surface area contributed by atoms with Crippen LogP contribution in [0.5, 0.6) is 0 Å². The van der Waals surface area contributed by atoms with E-state index in [1.807, 2.05) is 37.3 Å². The summed E-state index contributed by atoms with van der Waals surface area (Å²) in [5, 5.41) is 0. The van der Waals surface area contributed by atoms with Gasteiger partial charge in [-0.05, 0) is 65.6 Å². The molecule has 4 nitrogen and oxygen atoms in total. The van der Waals surface area contributed by atoms with Gasteiger partial charge in [0.1, 0.15) is 0 Å². The Balaban J connectivity index is 1.85. The lowest BCUT2D eigenvalue weighted by atomic mass is 9.73. The molecule has 1 aliphatic rings. The van der Waals surface area contributed by atoms with E-state index in [9.17, 15) is 9.59 Å². The van der Waals surface area contributed by atoms with Gasteiger partial charge in [0.15, 0.2) is 0 Å². The van der Waals surface area contributed by atoms with Crippen LogP contribution in [0, 0.1) is 0 Å². The molecule has 1 aliphatic carbocycles. The summed E-state index contributed by atoms with van der Waals surface area (Å²) in [6, 6.07) is 13.5. The molecule has 0 atom stereocenters. The molecule has 0 bridgehead atoms. The second-order valence-corrected chi connectivity index (χ2v) is 8.32. The number of hydrogen-bond acceptors (Lipinski definition) is 4. The van der Waals surface area contributed by atoms with Crippen molar-refractivity contribution in [3.8, 4) is 0 Å². The van der Waals surface area contributed by atoms with Crippen molar-refractivity contribution in [3.05, 3.63) is 76.4 Å². The van der Waals surface area contributed by atoms with E-state index in [-0.39, 0.29) is 17.4 Å². The van der Waals surface area contributed by atoms with Crippen molar-refractivity contribution in [2.75, 3.05) is 13.2 Å². The number of ether oxygens (including phenoxy) is 2. The fourth-order valence-electron chi connectivity index (χ4n) is 3.66. The quantitative estimate of drug-likeness (QED) is 0.406. The standard InChI is InChI=1S/C27H30O4/c1-5-17-31-26(29)22-15-16-27(3,4)24-14-11-20(18-23(22)24)8-7-19-9-12-21(13-10-19)25(28)30-6-2/h7-15,18H,5-6,16-17H2,1-4H3/b8-7+. The zero-order valence-corrected chi connectivity index (χ0v) is 18.7. The van der Waals surface area contributed by atoms with E-state index in [1.54, 1.807) is 19.1 Å². The van der Waals surface area contributed by atoms with Crippen LogP contribution in [0.1, 0.15) is 73.1 Å². The average Bonchev–Trinajstić information content (AvgIpc) is 2.76. The van der Waals surface area contributed by atoms with Crippen LogP contribution in [0.3, 0.4) is 0 Å². The Morgan fingerprint density at radius 1 is 0.935 bits per heavy atom. The number of esters is 2. The smallest absolute Gasteiger partial charge is 0.338 e. The van der Waals surface area contributed by atoms with Crippen LogP contribution >= 0.6 is 0 Å².